The van der Waals surface area contributed by atoms with Gasteiger partial charge in [-0.3, -0.25) is 0 Å². The van der Waals surface area contributed by atoms with Crippen LogP contribution in [-0.4, -0.2) is 25.5 Å². The number of ether oxygens (including phenoxy) is 2. The van der Waals surface area contributed by atoms with Crippen LogP contribution in [0.3, 0.4) is 0 Å². The van der Waals surface area contributed by atoms with Crippen molar-refractivity contribution in [1.29, 1.82) is 0 Å². The van der Waals surface area contributed by atoms with Crippen LogP contribution in [0.25, 0.3) is 0 Å². The van der Waals surface area contributed by atoms with Crippen LogP contribution in [-0.2, 0) is 0 Å². The molecule has 2 aromatic rings. The number of hydrogen-bond acceptors (Lipinski definition) is 4. The highest BCUT2D eigenvalue weighted by Gasteiger charge is 2.06. The van der Waals surface area contributed by atoms with Gasteiger partial charge in [0.25, 0.3) is 0 Å². The average Bonchev–Trinajstić information content (AvgIpc) is 2.63. The van der Waals surface area contributed by atoms with Crippen molar-refractivity contribution in [3.8, 4) is 11.5 Å². The van der Waals surface area contributed by atoms with Crippen molar-refractivity contribution in [2.24, 2.45) is 5.10 Å². The van der Waals surface area contributed by atoms with Gasteiger partial charge in [0, 0.05) is 5.69 Å². The third-order valence-corrected chi connectivity index (χ3v) is 3.50. The van der Waals surface area contributed by atoms with E-state index in [4.69, 9.17) is 9.47 Å². The molecule has 0 saturated heterocycles. The predicted molar refractivity (Wildman–Crippen MR) is 104 cm³/mol. The molecule has 6 nitrogen and oxygen atoms in total. The molecule has 0 radical (unpaired) electrons. The van der Waals surface area contributed by atoms with E-state index in [1.54, 1.807) is 6.21 Å². The summed E-state index contributed by atoms with van der Waals surface area (Å²) in [6.07, 6.45) is 2.48. The number of nitrogens with zero attached hydrogens (tertiary/aromatic N) is 1. The second kappa shape index (κ2) is 10.1. The Balaban J connectivity index is 1.97. The topological polar surface area (TPSA) is 72.0 Å². The standard InChI is InChI=1S/C20H25N3O3/c1-4-12-26-18-11-10-16(13-19(18)25-5-2)14-21-23-20(24)22-17-9-7-6-8-15(17)3/h6-11,13-14H,4-5,12H2,1-3H3,(H2,22,23,24)/b21-14-. The molecular formula is C20H25N3O3. The van der Waals surface area contributed by atoms with E-state index >= 15 is 0 Å². The fourth-order valence-electron chi connectivity index (χ4n) is 2.23. The smallest absolute Gasteiger partial charge is 0.339 e. The van der Waals surface area contributed by atoms with Gasteiger partial charge in [0.2, 0.25) is 0 Å². The van der Waals surface area contributed by atoms with E-state index in [-0.39, 0.29) is 0 Å². The first-order chi connectivity index (χ1) is 12.6. The molecule has 0 aliphatic carbocycles. The molecule has 0 aromatic heterocycles. The molecule has 0 fully saturated rings. The fourth-order valence-corrected chi connectivity index (χ4v) is 2.23. The second-order valence-corrected chi connectivity index (χ2v) is 5.63. The number of aryl methyl sites for hydroxylation is 1. The van der Waals surface area contributed by atoms with Gasteiger partial charge in [-0.15, -0.1) is 0 Å². The molecular weight excluding hydrogens is 330 g/mol. The zero-order valence-electron chi connectivity index (χ0n) is 15.4. The van der Waals surface area contributed by atoms with Crippen LogP contribution in [0.4, 0.5) is 10.5 Å². The van der Waals surface area contributed by atoms with Crippen molar-refractivity contribution in [3.63, 3.8) is 0 Å². The van der Waals surface area contributed by atoms with Gasteiger partial charge in [-0.05, 0) is 55.7 Å². The average molecular weight is 355 g/mol. The number of anilines is 1. The third kappa shape index (κ3) is 5.81. The van der Waals surface area contributed by atoms with Gasteiger partial charge in [-0.2, -0.15) is 5.10 Å². The van der Waals surface area contributed by atoms with Crippen LogP contribution in [0.2, 0.25) is 0 Å². The largest absolute Gasteiger partial charge is 0.490 e. The van der Waals surface area contributed by atoms with E-state index < -0.39 is 6.03 Å². The number of urea groups is 1. The van der Waals surface area contributed by atoms with Gasteiger partial charge >= 0.3 is 6.03 Å². The number of benzene rings is 2. The molecule has 6 heteroatoms. The summed E-state index contributed by atoms with van der Waals surface area (Å²) in [6.45, 7) is 7.07. The molecule has 26 heavy (non-hydrogen) atoms. The summed E-state index contributed by atoms with van der Waals surface area (Å²) in [7, 11) is 0. The molecule has 0 heterocycles. The van der Waals surface area contributed by atoms with Gasteiger partial charge in [0.1, 0.15) is 0 Å². The van der Waals surface area contributed by atoms with Crippen molar-refractivity contribution in [3.05, 3.63) is 53.6 Å². The number of nitrogens with one attached hydrogen (secondary N) is 2. The van der Waals surface area contributed by atoms with Gasteiger partial charge in [-0.1, -0.05) is 25.1 Å². The van der Waals surface area contributed by atoms with Crippen molar-refractivity contribution < 1.29 is 14.3 Å². The third-order valence-electron chi connectivity index (χ3n) is 3.50. The summed E-state index contributed by atoms with van der Waals surface area (Å²) in [4.78, 5) is 11.9. The summed E-state index contributed by atoms with van der Waals surface area (Å²) in [5, 5.41) is 6.73. The molecule has 2 rings (SSSR count). The molecule has 0 bridgehead atoms. The quantitative estimate of drug-likeness (QED) is 0.546. The van der Waals surface area contributed by atoms with Gasteiger partial charge < -0.3 is 14.8 Å². The van der Waals surface area contributed by atoms with Crippen molar-refractivity contribution in [2.75, 3.05) is 18.5 Å². The van der Waals surface area contributed by atoms with Crippen LogP contribution >= 0.6 is 0 Å². The predicted octanol–water partition coefficient (Wildman–Crippen LogP) is 4.34. The Labute approximate surface area is 154 Å². The van der Waals surface area contributed by atoms with Crippen molar-refractivity contribution in [2.45, 2.75) is 27.2 Å². The van der Waals surface area contributed by atoms with Gasteiger partial charge in [-0.25, -0.2) is 10.2 Å². The Hall–Kier alpha value is -3.02. The van der Waals surface area contributed by atoms with Gasteiger partial charge in [0.15, 0.2) is 11.5 Å². The maximum Gasteiger partial charge on any atom is 0.339 e. The first kappa shape index (κ1) is 19.3. The Morgan fingerprint density at radius 1 is 1.12 bits per heavy atom. The molecule has 0 atom stereocenters. The number of hydrogen-bond donors (Lipinski definition) is 2. The maximum absolute atomic E-state index is 11.9. The monoisotopic (exact) mass is 355 g/mol. The van der Waals surface area contributed by atoms with Crippen LogP contribution in [0.1, 0.15) is 31.4 Å². The van der Waals surface area contributed by atoms with Crippen molar-refractivity contribution in [1.82, 2.24) is 5.43 Å². The lowest BCUT2D eigenvalue weighted by Crippen LogP contribution is -2.24. The van der Waals surface area contributed by atoms with Crippen LogP contribution < -0.4 is 20.2 Å². The summed E-state index contributed by atoms with van der Waals surface area (Å²) < 4.78 is 11.3. The minimum atomic E-state index is -0.400. The van der Waals surface area contributed by atoms with E-state index in [0.29, 0.717) is 24.7 Å². The minimum absolute atomic E-state index is 0.400. The Morgan fingerprint density at radius 3 is 2.65 bits per heavy atom. The van der Waals surface area contributed by atoms with Crippen molar-refractivity contribution >= 4 is 17.9 Å². The molecule has 0 saturated carbocycles. The Morgan fingerprint density at radius 2 is 1.92 bits per heavy atom. The highest BCUT2D eigenvalue weighted by atomic mass is 16.5. The molecule has 2 amide bonds. The number of para-hydroxylation sites is 1. The van der Waals surface area contributed by atoms with Crippen LogP contribution in [0, 0.1) is 6.92 Å². The first-order valence-corrected chi connectivity index (χ1v) is 8.69. The molecule has 0 aliphatic rings. The zero-order valence-corrected chi connectivity index (χ0v) is 15.4. The number of amides is 2. The molecule has 2 aromatic carbocycles. The van der Waals surface area contributed by atoms with Crippen LogP contribution in [0.5, 0.6) is 11.5 Å². The number of hydrazone groups is 1. The normalized spacial score (nSPS) is 10.6. The Kier molecular flexibility index (Phi) is 7.49. The molecule has 0 spiro atoms. The highest BCUT2D eigenvalue weighted by molar-refractivity contribution is 5.91. The lowest BCUT2D eigenvalue weighted by Gasteiger charge is -2.11. The molecule has 0 aliphatic heterocycles. The van der Waals surface area contributed by atoms with E-state index in [1.165, 1.54) is 0 Å². The first-order valence-electron chi connectivity index (χ1n) is 8.69. The number of carbonyl (C=O) groups excluding carboxylic acids is 1. The summed E-state index contributed by atoms with van der Waals surface area (Å²) in [5.74, 6) is 1.37. The SMILES string of the molecule is CCCOc1ccc(/C=N\NC(=O)Nc2ccccc2C)cc1OCC. The maximum atomic E-state index is 11.9. The van der Waals surface area contributed by atoms with E-state index in [9.17, 15) is 4.79 Å². The second-order valence-electron chi connectivity index (χ2n) is 5.63. The summed E-state index contributed by atoms with van der Waals surface area (Å²) >= 11 is 0. The van der Waals surface area contributed by atoms with Gasteiger partial charge in [0.05, 0.1) is 19.4 Å². The zero-order chi connectivity index (χ0) is 18.8. The lowest BCUT2D eigenvalue weighted by molar-refractivity contribution is 0.252. The summed E-state index contributed by atoms with van der Waals surface area (Å²) in [6, 6.07) is 12.7. The lowest BCUT2D eigenvalue weighted by atomic mass is 10.2. The number of rotatable bonds is 8. The summed E-state index contributed by atoms with van der Waals surface area (Å²) in [5.41, 5.74) is 4.98. The fraction of sp³-hybridized carbons (Fsp3) is 0.300. The highest BCUT2D eigenvalue weighted by Crippen LogP contribution is 2.28. The Bertz CT molecular complexity index is 760. The minimum Gasteiger partial charge on any atom is -0.490 e. The van der Waals surface area contributed by atoms with E-state index in [2.05, 4.69) is 22.8 Å². The number of carbonyl (C=O) groups is 1. The van der Waals surface area contributed by atoms with Crippen LogP contribution in [0.15, 0.2) is 47.6 Å². The van der Waals surface area contributed by atoms with E-state index in [1.807, 2.05) is 56.3 Å². The molecule has 138 valence electrons. The van der Waals surface area contributed by atoms with E-state index in [0.717, 1.165) is 23.2 Å². The molecule has 0 unspecified atom stereocenters. The molecule has 2 N–H and O–H groups in total.